The van der Waals surface area contributed by atoms with Crippen molar-refractivity contribution in [1.29, 1.82) is 0 Å². The van der Waals surface area contributed by atoms with E-state index in [1.807, 2.05) is 6.07 Å². The number of alkyl carbamates (subject to hydrolysis) is 1. The van der Waals surface area contributed by atoms with Crippen LogP contribution in [0.3, 0.4) is 0 Å². The first-order valence-corrected chi connectivity index (χ1v) is 14.9. The van der Waals surface area contributed by atoms with Crippen LogP contribution in [0.5, 0.6) is 5.75 Å². The third kappa shape index (κ3) is 12.8. The monoisotopic (exact) mass is 597 g/mol. The lowest BCUT2D eigenvalue weighted by molar-refractivity contribution is -0.144. The number of nitrogens with zero attached hydrogens (tertiary/aromatic N) is 1. The van der Waals surface area contributed by atoms with Gasteiger partial charge in [-0.2, -0.15) is 0 Å². The first-order valence-electron chi connectivity index (χ1n) is 14.9. The van der Waals surface area contributed by atoms with Gasteiger partial charge in [0.15, 0.2) is 0 Å². The number of aromatic hydroxyl groups is 1. The molecule has 0 bridgehead atoms. The van der Waals surface area contributed by atoms with Crippen LogP contribution in [0.1, 0.15) is 83.4 Å². The van der Waals surface area contributed by atoms with E-state index in [2.05, 4.69) is 22.3 Å². The van der Waals surface area contributed by atoms with Crippen LogP contribution < -0.4 is 10.6 Å². The van der Waals surface area contributed by atoms with Gasteiger partial charge in [-0.15, -0.1) is 0 Å². The van der Waals surface area contributed by atoms with Crippen molar-refractivity contribution in [2.45, 2.75) is 90.3 Å². The fourth-order valence-electron chi connectivity index (χ4n) is 4.58. The van der Waals surface area contributed by atoms with Gasteiger partial charge in [0, 0.05) is 13.0 Å². The number of amides is 3. The van der Waals surface area contributed by atoms with Gasteiger partial charge in [-0.3, -0.25) is 14.4 Å². The van der Waals surface area contributed by atoms with Crippen molar-refractivity contribution in [3.8, 4) is 5.75 Å². The van der Waals surface area contributed by atoms with E-state index in [4.69, 9.17) is 4.74 Å². The molecular weight excluding hydrogens is 550 g/mol. The van der Waals surface area contributed by atoms with E-state index >= 15 is 0 Å². The molecule has 10 nitrogen and oxygen atoms in total. The van der Waals surface area contributed by atoms with Crippen molar-refractivity contribution >= 4 is 23.9 Å². The zero-order valence-electron chi connectivity index (χ0n) is 26.1. The maximum atomic E-state index is 14.4. The van der Waals surface area contributed by atoms with E-state index in [9.17, 15) is 24.3 Å². The van der Waals surface area contributed by atoms with Gasteiger partial charge < -0.3 is 30.1 Å². The molecule has 3 amide bonds. The molecule has 2 aromatic rings. The van der Waals surface area contributed by atoms with Crippen molar-refractivity contribution in [3.05, 3.63) is 65.7 Å². The Balaban J connectivity index is 2.49. The molecule has 2 unspecified atom stereocenters. The highest BCUT2D eigenvalue weighted by atomic mass is 16.6. The Hall–Kier alpha value is -4.08. The smallest absolute Gasteiger partial charge is 0.408 e. The maximum absolute atomic E-state index is 14.4. The fourth-order valence-corrected chi connectivity index (χ4v) is 4.58. The van der Waals surface area contributed by atoms with Crippen LogP contribution in [0, 0.1) is 0 Å². The van der Waals surface area contributed by atoms with E-state index in [-0.39, 0.29) is 25.3 Å². The normalized spacial score (nSPS) is 12.5. The molecule has 0 saturated carbocycles. The highest BCUT2D eigenvalue weighted by Gasteiger charge is 2.36. The number of phenolic OH excluding ortho intramolecular Hbond substituents is 1. The van der Waals surface area contributed by atoms with Crippen LogP contribution in [0.2, 0.25) is 0 Å². The molecule has 2 atom stereocenters. The van der Waals surface area contributed by atoms with Crippen LogP contribution >= 0.6 is 0 Å². The quantitative estimate of drug-likeness (QED) is 0.182. The summed E-state index contributed by atoms with van der Waals surface area (Å²) < 4.78 is 10.2. The zero-order valence-corrected chi connectivity index (χ0v) is 26.1. The van der Waals surface area contributed by atoms with E-state index in [1.54, 1.807) is 57.2 Å². The summed E-state index contributed by atoms with van der Waals surface area (Å²) in [5.74, 6) is -1.57. The molecule has 0 saturated heterocycles. The number of methoxy groups -OCH3 is 1. The Morgan fingerprint density at radius 3 is 2.14 bits per heavy atom. The van der Waals surface area contributed by atoms with E-state index in [0.717, 1.165) is 32.1 Å². The molecule has 0 radical (unpaired) electrons. The second-order valence-electron chi connectivity index (χ2n) is 11.5. The predicted molar refractivity (Wildman–Crippen MR) is 164 cm³/mol. The number of hydrogen-bond donors (Lipinski definition) is 3. The summed E-state index contributed by atoms with van der Waals surface area (Å²) in [6.07, 6.45) is 5.13. The Kier molecular flexibility index (Phi) is 14.5. The largest absolute Gasteiger partial charge is 0.508 e. The Morgan fingerprint density at radius 2 is 1.53 bits per heavy atom. The summed E-state index contributed by atoms with van der Waals surface area (Å²) in [6.45, 7) is 7.22. The van der Waals surface area contributed by atoms with Gasteiger partial charge in [0.05, 0.1) is 7.11 Å². The Labute approximate surface area is 255 Å². The summed E-state index contributed by atoms with van der Waals surface area (Å²) in [5, 5.41) is 15.1. The van der Waals surface area contributed by atoms with E-state index in [0.29, 0.717) is 17.5 Å². The molecule has 0 fully saturated rings. The molecule has 0 heterocycles. The van der Waals surface area contributed by atoms with Gasteiger partial charge in [-0.1, -0.05) is 81.5 Å². The third-order valence-electron chi connectivity index (χ3n) is 6.71. The summed E-state index contributed by atoms with van der Waals surface area (Å²) in [5.41, 5.74) is 0.456. The number of unbranched alkanes of at least 4 members (excludes halogenated alkanes) is 5. The molecule has 2 rings (SSSR count). The molecule has 2 aromatic carbocycles. The van der Waals surface area contributed by atoms with Gasteiger partial charge >= 0.3 is 12.1 Å². The number of hydrogen-bond acceptors (Lipinski definition) is 7. The third-order valence-corrected chi connectivity index (χ3v) is 6.71. The summed E-state index contributed by atoms with van der Waals surface area (Å²) in [7, 11) is 1.23. The second-order valence-corrected chi connectivity index (χ2v) is 11.5. The number of phenols is 1. The predicted octanol–water partition coefficient (Wildman–Crippen LogP) is 5.05. The number of carbonyl (C=O) groups excluding carboxylic acids is 4. The molecule has 0 spiro atoms. The summed E-state index contributed by atoms with van der Waals surface area (Å²) >= 11 is 0. The Bertz CT molecular complexity index is 1160. The SMILES string of the molecule is CCCCCCCCN(C(=O)C(Cc1ccc(O)cc1)NC(=O)OC(C)(C)C)C(C(=O)NCC(=O)OC)c1ccccc1. The minimum absolute atomic E-state index is 0.0721. The van der Waals surface area contributed by atoms with Crippen molar-refractivity contribution in [3.63, 3.8) is 0 Å². The van der Waals surface area contributed by atoms with Crippen LogP contribution in [-0.2, 0) is 30.3 Å². The first kappa shape index (κ1) is 35.1. The lowest BCUT2D eigenvalue weighted by Crippen LogP contribution is -2.54. The van der Waals surface area contributed by atoms with Crippen molar-refractivity contribution in [2.75, 3.05) is 20.2 Å². The molecule has 3 N–H and O–H groups in total. The van der Waals surface area contributed by atoms with Gasteiger partial charge in [0.2, 0.25) is 11.8 Å². The standard InChI is InChI=1S/C33H47N3O7/c1-6-7-8-9-10-14-21-36(29(25-15-12-11-13-16-25)30(39)34-23-28(38)42-5)31(40)27(35-32(41)43-33(2,3)4)22-24-17-19-26(37)20-18-24/h11-13,15-20,27,29,37H,6-10,14,21-23H2,1-5H3,(H,34,39)(H,35,41). The van der Waals surface area contributed by atoms with Gasteiger partial charge in [0.1, 0.15) is 30.0 Å². The van der Waals surface area contributed by atoms with Crippen LogP contribution in [0.4, 0.5) is 4.79 Å². The molecule has 0 aliphatic rings. The van der Waals surface area contributed by atoms with Crippen LogP contribution in [0.15, 0.2) is 54.6 Å². The molecular formula is C33H47N3O7. The average molecular weight is 598 g/mol. The lowest BCUT2D eigenvalue weighted by Gasteiger charge is -2.34. The topological polar surface area (TPSA) is 134 Å². The number of esters is 1. The highest BCUT2D eigenvalue weighted by molar-refractivity contribution is 5.93. The fraction of sp³-hybridized carbons (Fsp3) is 0.515. The maximum Gasteiger partial charge on any atom is 0.408 e. The zero-order chi connectivity index (χ0) is 31.8. The first-order chi connectivity index (χ1) is 20.4. The molecule has 0 aliphatic heterocycles. The minimum atomic E-state index is -1.08. The lowest BCUT2D eigenvalue weighted by atomic mass is 9.99. The number of nitrogens with one attached hydrogen (secondary N) is 2. The number of benzene rings is 2. The molecule has 0 aromatic heterocycles. The van der Waals surface area contributed by atoms with Gasteiger partial charge in [0.25, 0.3) is 0 Å². The summed E-state index contributed by atoms with van der Waals surface area (Å²) in [6, 6.07) is 13.1. The van der Waals surface area contributed by atoms with Crippen LogP contribution in [-0.4, -0.2) is 65.7 Å². The second kappa shape index (κ2) is 17.8. The highest BCUT2D eigenvalue weighted by Crippen LogP contribution is 2.25. The number of carbonyl (C=O) groups is 4. The Morgan fingerprint density at radius 1 is 0.907 bits per heavy atom. The van der Waals surface area contributed by atoms with Gasteiger partial charge in [-0.05, 0) is 50.5 Å². The molecule has 43 heavy (non-hydrogen) atoms. The van der Waals surface area contributed by atoms with Crippen molar-refractivity contribution < 1.29 is 33.8 Å². The van der Waals surface area contributed by atoms with Crippen molar-refractivity contribution in [2.24, 2.45) is 0 Å². The number of ether oxygens (including phenoxy) is 2. The number of rotatable bonds is 16. The van der Waals surface area contributed by atoms with Gasteiger partial charge in [-0.25, -0.2) is 4.79 Å². The van der Waals surface area contributed by atoms with E-state index in [1.165, 1.54) is 24.1 Å². The van der Waals surface area contributed by atoms with Crippen molar-refractivity contribution in [1.82, 2.24) is 15.5 Å². The minimum Gasteiger partial charge on any atom is -0.508 e. The average Bonchev–Trinajstić information content (AvgIpc) is 2.96. The molecule has 10 heteroatoms. The van der Waals surface area contributed by atoms with E-state index < -0.39 is 41.6 Å². The van der Waals surface area contributed by atoms with Crippen LogP contribution in [0.25, 0.3) is 0 Å². The molecule has 236 valence electrons. The summed E-state index contributed by atoms with van der Waals surface area (Å²) in [4.78, 5) is 54.3. The molecule has 0 aliphatic carbocycles.